The smallest absolute Gasteiger partial charge is 0.0617 e. The van der Waals surface area contributed by atoms with E-state index >= 15 is 0 Å². The first-order valence-corrected chi connectivity index (χ1v) is 5.30. The van der Waals surface area contributed by atoms with Gasteiger partial charge in [-0.25, -0.2) is 0 Å². The van der Waals surface area contributed by atoms with E-state index in [0.717, 1.165) is 5.57 Å². The molecule has 0 fully saturated rings. The molecule has 78 valence electrons. The zero-order valence-corrected chi connectivity index (χ0v) is 9.43. The van der Waals surface area contributed by atoms with Crippen molar-refractivity contribution in [1.29, 1.82) is 0 Å². The fourth-order valence-electron chi connectivity index (χ4n) is 1.85. The molecule has 0 heterocycles. The first-order chi connectivity index (χ1) is 6.65. The standard InChI is InChI=1S/C13H20O/c1-10(7-8-14)9-13-6-4-5-11(2)12(13)3/h7,9,14H,4-6,8H2,1-3H3/b10-7-,13-9-. The molecule has 0 saturated carbocycles. The van der Waals surface area contributed by atoms with E-state index in [1.807, 2.05) is 13.0 Å². The molecule has 0 aromatic carbocycles. The lowest BCUT2D eigenvalue weighted by Crippen LogP contribution is -1.98. The lowest BCUT2D eigenvalue weighted by Gasteiger charge is -2.18. The van der Waals surface area contributed by atoms with Crippen molar-refractivity contribution < 1.29 is 5.11 Å². The van der Waals surface area contributed by atoms with Gasteiger partial charge in [0.1, 0.15) is 0 Å². The number of aliphatic hydroxyl groups excluding tert-OH is 1. The zero-order valence-electron chi connectivity index (χ0n) is 9.43. The largest absolute Gasteiger partial charge is 0.392 e. The Kier molecular flexibility index (Phi) is 4.15. The minimum atomic E-state index is 0.136. The number of aliphatic hydroxyl groups is 1. The number of rotatable bonds is 2. The van der Waals surface area contributed by atoms with Crippen molar-refractivity contribution in [3.63, 3.8) is 0 Å². The van der Waals surface area contributed by atoms with Gasteiger partial charge in [0.05, 0.1) is 6.61 Å². The van der Waals surface area contributed by atoms with E-state index in [1.165, 1.54) is 36.0 Å². The van der Waals surface area contributed by atoms with Gasteiger partial charge in [0.2, 0.25) is 0 Å². The van der Waals surface area contributed by atoms with E-state index in [-0.39, 0.29) is 6.61 Å². The Balaban J connectivity index is 2.87. The molecule has 0 aromatic rings. The van der Waals surface area contributed by atoms with Gasteiger partial charge < -0.3 is 5.11 Å². The van der Waals surface area contributed by atoms with E-state index in [1.54, 1.807) is 0 Å². The highest BCUT2D eigenvalue weighted by molar-refractivity contribution is 5.39. The molecule has 0 unspecified atom stereocenters. The van der Waals surface area contributed by atoms with E-state index < -0.39 is 0 Å². The fourth-order valence-corrected chi connectivity index (χ4v) is 1.85. The van der Waals surface area contributed by atoms with Crippen molar-refractivity contribution in [2.24, 2.45) is 0 Å². The van der Waals surface area contributed by atoms with Crippen LogP contribution in [0.15, 0.2) is 34.4 Å². The first kappa shape index (κ1) is 11.3. The second kappa shape index (κ2) is 5.16. The molecular formula is C13H20O. The van der Waals surface area contributed by atoms with Gasteiger partial charge >= 0.3 is 0 Å². The third-order valence-corrected chi connectivity index (χ3v) is 2.93. The second-order valence-corrected chi connectivity index (χ2v) is 4.06. The van der Waals surface area contributed by atoms with Crippen LogP contribution in [0.3, 0.4) is 0 Å². The predicted octanol–water partition coefficient (Wildman–Crippen LogP) is 3.37. The van der Waals surface area contributed by atoms with E-state index in [2.05, 4.69) is 19.9 Å². The average Bonchev–Trinajstić information content (AvgIpc) is 2.13. The number of hydrogen-bond donors (Lipinski definition) is 1. The Bertz CT molecular complexity index is 292. The summed E-state index contributed by atoms with van der Waals surface area (Å²) in [4.78, 5) is 0. The third-order valence-electron chi connectivity index (χ3n) is 2.93. The van der Waals surface area contributed by atoms with Crippen molar-refractivity contribution in [3.05, 3.63) is 34.4 Å². The molecule has 1 rings (SSSR count). The van der Waals surface area contributed by atoms with Crippen molar-refractivity contribution in [2.75, 3.05) is 6.61 Å². The van der Waals surface area contributed by atoms with Crippen LogP contribution < -0.4 is 0 Å². The lowest BCUT2D eigenvalue weighted by molar-refractivity contribution is 0.342. The summed E-state index contributed by atoms with van der Waals surface area (Å²) in [5.41, 5.74) is 5.56. The summed E-state index contributed by atoms with van der Waals surface area (Å²) in [6, 6.07) is 0. The van der Waals surface area contributed by atoms with E-state index in [0.29, 0.717) is 0 Å². The molecule has 0 spiro atoms. The monoisotopic (exact) mass is 192 g/mol. The topological polar surface area (TPSA) is 20.2 Å². The number of hydrogen-bond acceptors (Lipinski definition) is 1. The summed E-state index contributed by atoms with van der Waals surface area (Å²) >= 11 is 0. The summed E-state index contributed by atoms with van der Waals surface area (Å²) in [7, 11) is 0. The fraction of sp³-hybridized carbons (Fsp3) is 0.538. The van der Waals surface area contributed by atoms with Crippen LogP contribution in [0.1, 0.15) is 40.0 Å². The molecule has 1 aliphatic carbocycles. The van der Waals surface area contributed by atoms with Gasteiger partial charge in [-0.2, -0.15) is 0 Å². The van der Waals surface area contributed by atoms with Crippen molar-refractivity contribution >= 4 is 0 Å². The van der Waals surface area contributed by atoms with Crippen LogP contribution in [0.4, 0.5) is 0 Å². The molecule has 0 saturated heterocycles. The van der Waals surface area contributed by atoms with Crippen LogP contribution in [0.2, 0.25) is 0 Å². The molecule has 0 amide bonds. The van der Waals surface area contributed by atoms with Crippen LogP contribution in [0, 0.1) is 0 Å². The highest BCUT2D eigenvalue weighted by atomic mass is 16.2. The van der Waals surface area contributed by atoms with Gasteiger partial charge in [-0.05, 0) is 51.2 Å². The third kappa shape index (κ3) is 2.85. The van der Waals surface area contributed by atoms with Crippen LogP contribution in [0.25, 0.3) is 0 Å². The Labute approximate surface area is 86.8 Å². The van der Waals surface area contributed by atoms with Crippen LogP contribution >= 0.6 is 0 Å². The molecule has 0 bridgehead atoms. The minimum Gasteiger partial charge on any atom is -0.392 e. The van der Waals surface area contributed by atoms with Crippen LogP contribution in [-0.2, 0) is 0 Å². The van der Waals surface area contributed by atoms with Gasteiger partial charge in [0.15, 0.2) is 0 Å². The molecule has 1 nitrogen and oxygen atoms in total. The van der Waals surface area contributed by atoms with Crippen LogP contribution in [-0.4, -0.2) is 11.7 Å². The van der Waals surface area contributed by atoms with Gasteiger partial charge in [-0.3, -0.25) is 0 Å². The quantitative estimate of drug-likeness (QED) is 0.711. The normalized spacial score (nSPS) is 22.0. The molecule has 0 atom stereocenters. The second-order valence-electron chi connectivity index (χ2n) is 4.06. The number of allylic oxidation sites excluding steroid dienone is 5. The summed E-state index contributed by atoms with van der Waals surface area (Å²) in [6.07, 6.45) is 7.74. The summed E-state index contributed by atoms with van der Waals surface area (Å²) in [5, 5.41) is 8.77. The zero-order chi connectivity index (χ0) is 10.6. The minimum absolute atomic E-state index is 0.136. The Morgan fingerprint density at radius 3 is 2.71 bits per heavy atom. The molecule has 1 aliphatic rings. The highest BCUT2D eigenvalue weighted by Crippen LogP contribution is 2.29. The highest BCUT2D eigenvalue weighted by Gasteiger charge is 2.09. The van der Waals surface area contributed by atoms with Crippen LogP contribution in [0.5, 0.6) is 0 Å². The first-order valence-electron chi connectivity index (χ1n) is 5.30. The lowest BCUT2D eigenvalue weighted by atomic mass is 9.88. The Hall–Kier alpha value is -0.820. The molecule has 0 aromatic heterocycles. The summed E-state index contributed by atoms with van der Waals surface area (Å²) in [5.74, 6) is 0. The van der Waals surface area contributed by atoms with Gasteiger partial charge in [-0.1, -0.05) is 23.3 Å². The molecular weight excluding hydrogens is 172 g/mol. The predicted molar refractivity (Wildman–Crippen MR) is 61.2 cm³/mol. The maximum Gasteiger partial charge on any atom is 0.0617 e. The van der Waals surface area contributed by atoms with E-state index in [9.17, 15) is 0 Å². The Morgan fingerprint density at radius 2 is 2.07 bits per heavy atom. The maximum absolute atomic E-state index is 8.77. The molecule has 0 radical (unpaired) electrons. The van der Waals surface area contributed by atoms with Crippen molar-refractivity contribution in [3.8, 4) is 0 Å². The maximum atomic E-state index is 8.77. The molecule has 1 N–H and O–H groups in total. The van der Waals surface area contributed by atoms with Crippen molar-refractivity contribution in [1.82, 2.24) is 0 Å². The van der Waals surface area contributed by atoms with Gasteiger partial charge in [0.25, 0.3) is 0 Å². The molecule has 1 heteroatoms. The SMILES string of the molecule is CC1=C(C)/C(=C\C(C)=C/CO)CCC1. The van der Waals surface area contributed by atoms with Crippen molar-refractivity contribution in [2.45, 2.75) is 40.0 Å². The van der Waals surface area contributed by atoms with Gasteiger partial charge in [-0.15, -0.1) is 0 Å². The molecule has 14 heavy (non-hydrogen) atoms. The van der Waals surface area contributed by atoms with E-state index in [4.69, 9.17) is 5.11 Å². The molecule has 0 aliphatic heterocycles. The van der Waals surface area contributed by atoms with Gasteiger partial charge in [0, 0.05) is 0 Å². The Morgan fingerprint density at radius 1 is 1.36 bits per heavy atom. The summed E-state index contributed by atoms with van der Waals surface area (Å²) in [6.45, 7) is 6.60. The summed E-state index contributed by atoms with van der Waals surface area (Å²) < 4.78 is 0. The average molecular weight is 192 g/mol.